The summed E-state index contributed by atoms with van der Waals surface area (Å²) in [5, 5.41) is 9.11. The van der Waals surface area contributed by atoms with E-state index >= 15 is 0 Å². The predicted octanol–water partition coefficient (Wildman–Crippen LogP) is 3.39. The summed E-state index contributed by atoms with van der Waals surface area (Å²) in [6.07, 6.45) is 0.995. The lowest BCUT2D eigenvalue weighted by Crippen LogP contribution is -2.40. The molecule has 0 fully saturated rings. The highest BCUT2D eigenvalue weighted by Gasteiger charge is 2.22. The SMILES string of the molecule is Cc1ccc(CCN(C)C(C)(C)C#N)c(C)c1C. The molecule has 0 heterocycles. The minimum atomic E-state index is -0.395. The van der Waals surface area contributed by atoms with Gasteiger partial charge in [-0.3, -0.25) is 4.90 Å². The largest absolute Gasteiger partial charge is 0.289 e. The van der Waals surface area contributed by atoms with Crippen molar-refractivity contribution in [3.05, 3.63) is 34.4 Å². The van der Waals surface area contributed by atoms with E-state index in [2.05, 4.69) is 43.9 Å². The summed E-state index contributed by atoms with van der Waals surface area (Å²) in [4.78, 5) is 2.11. The molecule has 0 radical (unpaired) electrons. The van der Waals surface area contributed by atoms with Crippen LogP contribution >= 0.6 is 0 Å². The van der Waals surface area contributed by atoms with E-state index in [9.17, 15) is 0 Å². The van der Waals surface area contributed by atoms with Gasteiger partial charge >= 0.3 is 0 Å². The van der Waals surface area contributed by atoms with Crippen LogP contribution < -0.4 is 0 Å². The lowest BCUT2D eigenvalue weighted by molar-refractivity contribution is 0.214. The highest BCUT2D eigenvalue weighted by Crippen LogP contribution is 2.19. The van der Waals surface area contributed by atoms with E-state index in [0.29, 0.717) is 0 Å². The van der Waals surface area contributed by atoms with Gasteiger partial charge in [-0.25, -0.2) is 0 Å². The molecular weight excluding hydrogens is 220 g/mol. The molecule has 18 heavy (non-hydrogen) atoms. The Morgan fingerprint density at radius 2 is 1.78 bits per heavy atom. The van der Waals surface area contributed by atoms with Crippen molar-refractivity contribution in [1.29, 1.82) is 5.26 Å². The molecule has 0 aliphatic heterocycles. The van der Waals surface area contributed by atoms with Gasteiger partial charge in [0.25, 0.3) is 0 Å². The Kier molecular flexibility index (Phi) is 4.53. The zero-order valence-corrected chi connectivity index (χ0v) is 12.5. The molecule has 0 saturated carbocycles. The first-order chi connectivity index (χ1) is 8.29. The van der Waals surface area contributed by atoms with Crippen molar-refractivity contribution in [2.45, 2.75) is 46.6 Å². The molecule has 0 aromatic heterocycles. The minimum absolute atomic E-state index is 0.395. The number of hydrogen-bond donors (Lipinski definition) is 0. The van der Waals surface area contributed by atoms with Gasteiger partial charge in [0.05, 0.1) is 6.07 Å². The first-order valence-corrected chi connectivity index (χ1v) is 6.47. The first kappa shape index (κ1) is 14.7. The molecule has 2 nitrogen and oxygen atoms in total. The van der Waals surface area contributed by atoms with E-state index in [-0.39, 0.29) is 0 Å². The molecule has 0 aliphatic carbocycles. The maximum atomic E-state index is 9.11. The second-order valence-corrected chi connectivity index (χ2v) is 5.63. The molecule has 0 atom stereocenters. The highest BCUT2D eigenvalue weighted by atomic mass is 15.2. The lowest BCUT2D eigenvalue weighted by atomic mass is 9.96. The van der Waals surface area contributed by atoms with Gasteiger partial charge < -0.3 is 0 Å². The highest BCUT2D eigenvalue weighted by molar-refractivity contribution is 5.38. The zero-order chi connectivity index (χ0) is 13.9. The second kappa shape index (κ2) is 5.54. The maximum Gasteiger partial charge on any atom is 0.103 e. The summed E-state index contributed by atoms with van der Waals surface area (Å²) in [6, 6.07) is 6.74. The van der Waals surface area contributed by atoms with E-state index < -0.39 is 5.54 Å². The third-order valence-corrected chi connectivity index (χ3v) is 4.11. The third kappa shape index (κ3) is 3.11. The van der Waals surface area contributed by atoms with Crippen LogP contribution in [0.1, 0.15) is 36.1 Å². The Morgan fingerprint density at radius 1 is 1.17 bits per heavy atom. The van der Waals surface area contributed by atoms with Crippen molar-refractivity contribution in [2.24, 2.45) is 0 Å². The number of nitrogens with zero attached hydrogens (tertiary/aromatic N) is 2. The Labute approximate surface area is 111 Å². The smallest absolute Gasteiger partial charge is 0.103 e. The van der Waals surface area contributed by atoms with Gasteiger partial charge in [-0.2, -0.15) is 5.26 Å². The molecule has 0 bridgehead atoms. The zero-order valence-electron chi connectivity index (χ0n) is 12.5. The fourth-order valence-corrected chi connectivity index (χ4v) is 1.94. The summed E-state index contributed by atoms with van der Waals surface area (Å²) in [5.41, 5.74) is 5.11. The quantitative estimate of drug-likeness (QED) is 0.811. The van der Waals surface area contributed by atoms with E-state index in [1.807, 2.05) is 20.9 Å². The van der Waals surface area contributed by atoms with Gasteiger partial charge in [-0.05, 0) is 70.3 Å². The summed E-state index contributed by atoms with van der Waals surface area (Å²) in [7, 11) is 2.01. The Morgan fingerprint density at radius 3 is 2.33 bits per heavy atom. The van der Waals surface area contributed by atoms with Crippen LogP contribution in [0.15, 0.2) is 12.1 Å². The van der Waals surface area contributed by atoms with Crippen molar-refractivity contribution in [2.75, 3.05) is 13.6 Å². The van der Waals surface area contributed by atoms with E-state index in [1.165, 1.54) is 22.3 Å². The molecule has 0 unspecified atom stereocenters. The molecule has 1 aromatic carbocycles. The topological polar surface area (TPSA) is 27.0 Å². The Bertz CT molecular complexity index is 467. The number of likely N-dealkylation sites (N-methyl/N-ethyl adjacent to an activating group) is 1. The van der Waals surface area contributed by atoms with Crippen molar-refractivity contribution in [3.8, 4) is 6.07 Å². The van der Waals surface area contributed by atoms with Gasteiger partial charge in [0.2, 0.25) is 0 Å². The number of nitriles is 1. The molecule has 2 heteroatoms. The monoisotopic (exact) mass is 244 g/mol. The van der Waals surface area contributed by atoms with Gasteiger partial charge in [0.15, 0.2) is 0 Å². The normalized spacial score (nSPS) is 11.7. The number of aryl methyl sites for hydroxylation is 1. The third-order valence-electron chi connectivity index (χ3n) is 4.11. The summed E-state index contributed by atoms with van der Waals surface area (Å²) in [5.74, 6) is 0. The fraction of sp³-hybridized carbons (Fsp3) is 0.562. The summed E-state index contributed by atoms with van der Waals surface area (Å²) < 4.78 is 0. The van der Waals surface area contributed by atoms with Crippen LogP contribution in [0.2, 0.25) is 0 Å². The van der Waals surface area contributed by atoms with Crippen molar-refractivity contribution in [3.63, 3.8) is 0 Å². The van der Waals surface area contributed by atoms with Crippen molar-refractivity contribution in [1.82, 2.24) is 4.90 Å². The van der Waals surface area contributed by atoms with Gasteiger partial charge in [0, 0.05) is 6.54 Å². The molecule has 0 aliphatic rings. The lowest BCUT2D eigenvalue weighted by Gasteiger charge is -2.29. The minimum Gasteiger partial charge on any atom is -0.289 e. The molecular formula is C16H24N2. The number of benzene rings is 1. The molecule has 1 rings (SSSR count). The summed E-state index contributed by atoms with van der Waals surface area (Å²) >= 11 is 0. The Balaban J connectivity index is 2.77. The predicted molar refractivity (Wildman–Crippen MR) is 76.7 cm³/mol. The average Bonchev–Trinajstić information content (AvgIpc) is 2.34. The van der Waals surface area contributed by atoms with Crippen molar-refractivity contribution >= 4 is 0 Å². The second-order valence-electron chi connectivity index (χ2n) is 5.63. The van der Waals surface area contributed by atoms with E-state index in [0.717, 1.165) is 13.0 Å². The van der Waals surface area contributed by atoms with Crippen LogP contribution in [0.25, 0.3) is 0 Å². The van der Waals surface area contributed by atoms with Gasteiger partial charge in [-0.1, -0.05) is 12.1 Å². The molecule has 0 spiro atoms. The van der Waals surface area contributed by atoms with E-state index in [4.69, 9.17) is 5.26 Å². The Hall–Kier alpha value is -1.33. The van der Waals surface area contributed by atoms with E-state index in [1.54, 1.807) is 0 Å². The molecule has 0 N–H and O–H groups in total. The fourth-order valence-electron chi connectivity index (χ4n) is 1.94. The molecule has 0 amide bonds. The average molecular weight is 244 g/mol. The van der Waals surface area contributed by atoms with Crippen LogP contribution in [-0.4, -0.2) is 24.0 Å². The summed E-state index contributed by atoms with van der Waals surface area (Å²) in [6.45, 7) is 11.3. The molecule has 0 saturated heterocycles. The van der Waals surface area contributed by atoms with Crippen molar-refractivity contribution < 1.29 is 0 Å². The maximum absolute atomic E-state index is 9.11. The molecule has 98 valence electrons. The van der Waals surface area contributed by atoms with Gasteiger partial charge in [0.1, 0.15) is 5.54 Å². The van der Waals surface area contributed by atoms with Crippen LogP contribution in [0, 0.1) is 32.1 Å². The van der Waals surface area contributed by atoms with Gasteiger partial charge in [-0.15, -0.1) is 0 Å². The molecule has 1 aromatic rings. The standard InChI is InChI=1S/C16H24N2/c1-12-7-8-15(14(3)13(12)2)9-10-18(6)16(4,5)11-17/h7-8H,9-10H2,1-6H3. The number of hydrogen-bond acceptors (Lipinski definition) is 2. The van der Waals surface area contributed by atoms with Crippen LogP contribution in [-0.2, 0) is 6.42 Å². The van der Waals surface area contributed by atoms with Crippen LogP contribution in [0.3, 0.4) is 0 Å². The van der Waals surface area contributed by atoms with Crippen LogP contribution in [0.5, 0.6) is 0 Å². The number of rotatable bonds is 4. The van der Waals surface area contributed by atoms with Crippen LogP contribution in [0.4, 0.5) is 0 Å². The first-order valence-electron chi connectivity index (χ1n) is 6.47.